The van der Waals surface area contributed by atoms with E-state index in [1.807, 2.05) is 0 Å². The summed E-state index contributed by atoms with van der Waals surface area (Å²) in [5.74, 6) is 0. The van der Waals surface area contributed by atoms with Crippen LogP contribution >= 0.6 is 11.6 Å². The van der Waals surface area contributed by atoms with Crippen molar-refractivity contribution in [3.63, 3.8) is 0 Å². The Balaban J connectivity index is 3.57. The van der Waals surface area contributed by atoms with Gasteiger partial charge < -0.3 is 0 Å². The maximum atomic E-state index is 9.27. The van der Waals surface area contributed by atoms with Gasteiger partial charge in [0.2, 0.25) is 0 Å². The largest absolute Gasteiger partial charge is 0.330 e. The average Bonchev–Trinajstić information content (AvgIpc) is 1.36. The van der Waals surface area contributed by atoms with E-state index in [1.165, 1.54) is 0 Å². The minimum absolute atomic E-state index is 0.546. The molecule has 0 N–H and O–H groups in total. The van der Waals surface area contributed by atoms with E-state index in [-0.39, 0.29) is 0 Å². The minimum atomic E-state index is -0.762. The predicted octanol–water partition coefficient (Wildman–Crippen LogP) is 0.973. The number of rotatable bonds is 1. The lowest BCUT2D eigenvalue weighted by Gasteiger charge is -1.75. The van der Waals surface area contributed by atoms with Crippen molar-refractivity contribution in [2.75, 3.05) is 0 Å². The number of halogens is 1. The molecule has 0 fully saturated rings. The normalized spacial score (nSPS) is 7.50. The summed E-state index contributed by atoms with van der Waals surface area (Å²) < 4.78 is 0. The minimum Gasteiger partial charge on any atom is -0.257 e. The second-order valence-electron chi connectivity index (χ2n) is 0.633. The van der Waals surface area contributed by atoms with Gasteiger partial charge in [-0.3, -0.25) is 10.1 Å². The quantitative estimate of drug-likeness (QED) is 0.285. The molecular formula is C2H2ClNO2. The molecule has 6 heavy (non-hydrogen) atoms. The fraction of sp³-hybridized carbons (Fsp3) is 0. The Labute approximate surface area is 39.4 Å². The SMILES string of the molecule is C=C(Cl)[N+](=O)[O-]. The Bertz CT molecular complexity index is 77.5. The van der Waals surface area contributed by atoms with Gasteiger partial charge in [0.05, 0.1) is 4.92 Å². The van der Waals surface area contributed by atoms with Gasteiger partial charge in [0.25, 0.3) is 0 Å². The molecule has 0 aromatic rings. The van der Waals surface area contributed by atoms with Gasteiger partial charge in [0, 0.05) is 0 Å². The molecule has 3 nitrogen and oxygen atoms in total. The third-order valence-electron chi connectivity index (χ3n) is 0.198. The summed E-state index contributed by atoms with van der Waals surface area (Å²) in [5.41, 5.74) is 0. The van der Waals surface area contributed by atoms with Gasteiger partial charge >= 0.3 is 5.16 Å². The summed E-state index contributed by atoms with van der Waals surface area (Å²) in [5, 5.41) is 8.73. The van der Waals surface area contributed by atoms with E-state index in [0.29, 0.717) is 0 Å². The Morgan fingerprint density at radius 3 is 2.17 bits per heavy atom. The van der Waals surface area contributed by atoms with Crippen LogP contribution < -0.4 is 0 Å². The highest BCUT2D eigenvalue weighted by Gasteiger charge is 1.94. The van der Waals surface area contributed by atoms with E-state index in [4.69, 9.17) is 11.6 Å². The summed E-state index contributed by atoms with van der Waals surface area (Å²) >= 11 is 4.72. The fourth-order valence-corrected chi connectivity index (χ4v) is 0. The van der Waals surface area contributed by atoms with Crippen LogP contribution in [0.2, 0.25) is 0 Å². The number of nitrogens with zero attached hydrogens (tertiary/aromatic N) is 1. The summed E-state index contributed by atoms with van der Waals surface area (Å²) in [7, 11) is 0. The third-order valence-corrected chi connectivity index (χ3v) is 0.336. The first kappa shape index (κ1) is 5.43. The lowest BCUT2D eigenvalue weighted by atomic mass is 11.1. The number of hydrogen-bond donors (Lipinski definition) is 0. The third kappa shape index (κ3) is 1.72. The molecule has 0 spiro atoms. The Morgan fingerprint density at radius 1 is 2.00 bits per heavy atom. The van der Waals surface area contributed by atoms with E-state index in [0.717, 1.165) is 0 Å². The fourth-order valence-electron chi connectivity index (χ4n) is 0. The van der Waals surface area contributed by atoms with Gasteiger partial charge in [-0.15, -0.1) is 0 Å². The first-order chi connectivity index (χ1) is 2.64. The predicted molar refractivity (Wildman–Crippen MR) is 22.0 cm³/mol. The maximum Gasteiger partial charge on any atom is 0.330 e. The van der Waals surface area contributed by atoms with Crippen LogP contribution in [0.4, 0.5) is 0 Å². The molecule has 0 saturated carbocycles. The standard InChI is InChI=1S/C2H2ClNO2/c1-2(3)4(5)6/h1H2. The van der Waals surface area contributed by atoms with Crippen molar-refractivity contribution in [2.45, 2.75) is 0 Å². The Hall–Kier alpha value is -0.570. The molecule has 0 radical (unpaired) electrons. The number of hydrogen-bond acceptors (Lipinski definition) is 2. The zero-order valence-electron chi connectivity index (χ0n) is 2.85. The van der Waals surface area contributed by atoms with Crippen LogP contribution in [0.15, 0.2) is 11.7 Å². The van der Waals surface area contributed by atoms with Crippen LogP contribution in [-0.4, -0.2) is 4.92 Å². The highest BCUT2D eigenvalue weighted by Crippen LogP contribution is 1.93. The van der Waals surface area contributed by atoms with Crippen molar-refractivity contribution < 1.29 is 4.92 Å². The van der Waals surface area contributed by atoms with Crippen molar-refractivity contribution >= 4 is 11.6 Å². The molecule has 0 bridgehead atoms. The van der Waals surface area contributed by atoms with Crippen molar-refractivity contribution in [1.82, 2.24) is 0 Å². The Morgan fingerprint density at radius 2 is 2.17 bits per heavy atom. The van der Waals surface area contributed by atoms with Gasteiger partial charge in [-0.25, -0.2) is 0 Å². The highest BCUT2D eigenvalue weighted by molar-refractivity contribution is 6.27. The van der Waals surface area contributed by atoms with Crippen molar-refractivity contribution in [3.05, 3.63) is 21.8 Å². The van der Waals surface area contributed by atoms with Crippen molar-refractivity contribution in [2.24, 2.45) is 0 Å². The maximum absolute atomic E-state index is 9.27. The summed E-state index contributed by atoms with van der Waals surface area (Å²) in [6.45, 7) is 2.82. The molecule has 0 saturated heterocycles. The van der Waals surface area contributed by atoms with Crippen LogP contribution in [0.25, 0.3) is 0 Å². The molecule has 0 aromatic heterocycles. The molecule has 0 aliphatic rings. The molecule has 0 aliphatic carbocycles. The molecule has 0 atom stereocenters. The van der Waals surface area contributed by atoms with Crippen molar-refractivity contribution in [3.8, 4) is 0 Å². The van der Waals surface area contributed by atoms with E-state index >= 15 is 0 Å². The average molecular weight is 107 g/mol. The molecular weight excluding hydrogens is 105 g/mol. The molecule has 4 heteroatoms. The van der Waals surface area contributed by atoms with Gasteiger partial charge in [0.1, 0.15) is 0 Å². The van der Waals surface area contributed by atoms with Crippen LogP contribution in [0, 0.1) is 10.1 Å². The second-order valence-corrected chi connectivity index (χ2v) is 1.07. The highest BCUT2D eigenvalue weighted by atomic mass is 35.5. The first-order valence-electron chi connectivity index (χ1n) is 1.13. The lowest BCUT2D eigenvalue weighted by Crippen LogP contribution is -1.86. The first-order valence-corrected chi connectivity index (χ1v) is 1.51. The molecule has 0 heterocycles. The van der Waals surface area contributed by atoms with Gasteiger partial charge in [-0.05, 0) is 18.2 Å². The van der Waals surface area contributed by atoms with E-state index in [2.05, 4.69) is 6.58 Å². The van der Waals surface area contributed by atoms with E-state index < -0.39 is 10.1 Å². The Kier molecular flexibility index (Phi) is 1.60. The smallest absolute Gasteiger partial charge is 0.257 e. The van der Waals surface area contributed by atoms with E-state index in [9.17, 15) is 10.1 Å². The molecule has 0 amide bonds. The van der Waals surface area contributed by atoms with Crippen LogP contribution in [0.1, 0.15) is 0 Å². The second kappa shape index (κ2) is 1.77. The molecule has 0 rings (SSSR count). The lowest BCUT2D eigenvalue weighted by molar-refractivity contribution is -0.411. The summed E-state index contributed by atoms with van der Waals surface area (Å²) in [6.07, 6.45) is 0. The van der Waals surface area contributed by atoms with E-state index in [1.54, 1.807) is 0 Å². The van der Waals surface area contributed by atoms with Crippen LogP contribution in [-0.2, 0) is 0 Å². The number of nitro groups is 1. The van der Waals surface area contributed by atoms with Crippen molar-refractivity contribution in [1.29, 1.82) is 0 Å². The monoisotopic (exact) mass is 107 g/mol. The molecule has 0 aliphatic heterocycles. The molecule has 0 unspecified atom stereocenters. The van der Waals surface area contributed by atoms with Gasteiger partial charge in [0.15, 0.2) is 0 Å². The molecule has 34 valence electrons. The zero-order chi connectivity index (χ0) is 5.15. The summed E-state index contributed by atoms with van der Waals surface area (Å²) in [4.78, 5) is 8.51. The van der Waals surface area contributed by atoms with Gasteiger partial charge in [-0.1, -0.05) is 0 Å². The topological polar surface area (TPSA) is 43.1 Å². The van der Waals surface area contributed by atoms with Crippen LogP contribution in [0.5, 0.6) is 0 Å². The summed E-state index contributed by atoms with van der Waals surface area (Å²) in [6, 6.07) is 0. The zero-order valence-corrected chi connectivity index (χ0v) is 3.60. The van der Waals surface area contributed by atoms with Gasteiger partial charge in [-0.2, -0.15) is 0 Å². The molecule has 0 aromatic carbocycles. The van der Waals surface area contributed by atoms with Crippen LogP contribution in [0.3, 0.4) is 0 Å².